The fourth-order valence-electron chi connectivity index (χ4n) is 2.65. The quantitative estimate of drug-likeness (QED) is 0.197. The molecule has 0 aliphatic heterocycles. The van der Waals surface area contributed by atoms with Gasteiger partial charge in [-0.1, -0.05) is 96.8 Å². The maximum absolute atomic E-state index is 10.3. The molecule has 0 bridgehead atoms. The number of hydrogen-bond donors (Lipinski definition) is 3. The molecule has 3 N–H and O–H groups in total. The van der Waals surface area contributed by atoms with Gasteiger partial charge in [0, 0.05) is 25.9 Å². The van der Waals surface area contributed by atoms with E-state index in [2.05, 4.69) is 6.92 Å². The Morgan fingerprint density at radius 2 is 0.800 bits per heavy atom. The fourth-order valence-corrected chi connectivity index (χ4v) is 2.65. The predicted molar refractivity (Wildman–Crippen MR) is 97.8 cm³/mol. The van der Waals surface area contributed by atoms with E-state index < -0.39 is 12.1 Å². The fraction of sp³-hybridized carbons (Fsp3) is 0.895. The van der Waals surface area contributed by atoms with Crippen LogP contribution in [0.2, 0.25) is 0 Å². The van der Waals surface area contributed by atoms with E-state index in [0.29, 0.717) is 6.42 Å². The average Bonchev–Trinajstić information content (AvgIpc) is 2.50. The Balaban J connectivity index is -0.000000867. The first kappa shape index (κ1) is 29.1. The summed E-state index contributed by atoms with van der Waals surface area (Å²) in [5.74, 6) is -0.653. The van der Waals surface area contributed by atoms with Crippen LogP contribution in [0.25, 0.3) is 0 Å². The zero-order valence-corrected chi connectivity index (χ0v) is 19.1. The maximum Gasteiger partial charge on any atom is 0.503 e. The van der Waals surface area contributed by atoms with Crippen molar-refractivity contribution < 1.29 is 44.4 Å². The third-order valence-electron chi connectivity index (χ3n) is 3.99. The van der Waals surface area contributed by atoms with Gasteiger partial charge in [0.15, 0.2) is 0 Å². The van der Waals surface area contributed by atoms with E-state index in [1.165, 1.54) is 83.5 Å². The molecule has 0 fully saturated rings. The Hall–Kier alpha value is -0.637. The Morgan fingerprint density at radius 1 is 0.560 bits per heavy atom. The number of carboxylic acid groups (broad SMARTS) is 3. The number of carboxylic acids is 1. The van der Waals surface area contributed by atoms with Crippen LogP contribution >= 0.6 is 0 Å². The van der Waals surface area contributed by atoms with Gasteiger partial charge in [-0.3, -0.25) is 4.79 Å². The van der Waals surface area contributed by atoms with Crippen LogP contribution in [0.1, 0.15) is 110 Å². The van der Waals surface area contributed by atoms with E-state index in [-0.39, 0.29) is 19.5 Å². The predicted octanol–water partition coefficient (Wildman–Crippen LogP) is 6.55. The molecule has 0 heterocycles. The first-order valence-electron chi connectivity index (χ1n) is 9.64. The van der Waals surface area contributed by atoms with Gasteiger partial charge in [0.2, 0.25) is 0 Å². The van der Waals surface area contributed by atoms with E-state index in [1.807, 2.05) is 0 Å². The first-order valence-corrected chi connectivity index (χ1v) is 9.64. The van der Waals surface area contributed by atoms with Gasteiger partial charge in [0.1, 0.15) is 0 Å². The normalized spacial score (nSPS) is 9.64. The molecule has 0 spiro atoms. The summed E-state index contributed by atoms with van der Waals surface area (Å²) in [6.45, 7) is 2.27. The van der Waals surface area contributed by atoms with Crippen molar-refractivity contribution in [3.05, 3.63) is 0 Å². The minimum atomic E-state index is -1.83. The third kappa shape index (κ3) is 39.8. The minimum absolute atomic E-state index is 0. The van der Waals surface area contributed by atoms with Crippen molar-refractivity contribution in [3.8, 4) is 0 Å². The minimum Gasteiger partial charge on any atom is -0.481 e. The molecule has 0 rings (SSSR count). The largest absolute Gasteiger partial charge is 0.503 e. The summed E-state index contributed by atoms with van der Waals surface area (Å²) in [7, 11) is 0. The average molecular weight is 412 g/mol. The van der Waals surface area contributed by atoms with Crippen molar-refractivity contribution in [1.82, 2.24) is 0 Å². The number of carbonyl (C=O) groups is 2. The Bertz CT molecular complexity index is 281. The van der Waals surface area contributed by atoms with Crippen LogP contribution < -0.4 is 0 Å². The summed E-state index contributed by atoms with van der Waals surface area (Å²) in [6, 6.07) is 0. The molecule has 5 nitrogen and oxygen atoms in total. The summed E-state index contributed by atoms with van der Waals surface area (Å²) in [5.41, 5.74) is 0. The molecule has 0 radical (unpaired) electrons. The van der Waals surface area contributed by atoms with E-state index in [9.17, 15) is 4.79 Å². The number of aliphatic carboxylic acids is 1. The van der Waals surface area contributed by atoms with Crippen molar-refractivity contribution in [2.24, 2.45) is 0 Å². The van der Waals surface area contributed by atoms with Crippen LogP contribution in [-0.4, -0.2) is 27.4 Å². The summed E-state index contributed by atoms with van der Waals surface area (Å²) < 4.78 is 0. The first-order chi connectivity index (χ1) is 11.5. The molecular weight excluding hydrogens is 374 g/mol. The van der Waals surface area contributed by atoms with Crippen LogP contribution in [0.5, 0.6) is 0 Å². The number of unbranched alkanes of at least 4 members (excludes halogenated alkanes) is 14. The topological polar surface area (TPSA) is 94.8 Å². The number of hydrogen-bond acceptors (Lipinski definition) is 2. The van der Waals surface area contributed by atoms with Crippen molar-refractivity contribution in [2.45, 2.75) is 110 Å². The standard InChI is InChI=1S/C18H36O2.CH2O3.Zn/c1-2-3-4-5-6-7-8-9-10-11-12-13-14-15-16-17-18(19)20;2-1(3)4;/h2-17H2,1H3,(H,19,20);(H2,2,3,4);. The zero-order valence-electron chi connectivity index (χ0n) is 16.2. The van der Waals surface area contributed by atoms with Gasteiger partial charge in [0.05, 0.1) is 0 Å². The molecular formula is C19H38O5Zn. The van der Waals surface area contributed by atoms with Gasteiger partial charge in [-0.05, 0) is 6.42 Å². The molecule has 0 saturated carbocycles. The summed E-state index contributed by atoms with van der Waals surface area (Å²) in [5, 5.41) is 22.5. The van der Waals surface area contributed by atoms with Crippen molar-refractivity contribution in [2.75, 3.05) is 0 Å². The molecule has 0 aliphatic rings. The molecule has 0 unspecified atom stereocenters. The second kappa shape index (κ2) is 25.6. The zero-order chi connectivity index (χ0) is 18.5. The molecule has 0 saturated heterocycles. The van der Waals surface area contributed by atoms with Gasteiger partial charge in [-0.15, -0.1) is 0 Å². The van der Waals surface area contributed by atoms with Crippen LogP contribution in [0, 0.1) is 0 Å². The molecule has 0 atom stereocenters. The van der Waals surface area contributed by atoms with Crippen LogP contribution in [-0.2, 0) is 24.3 Å². The number of rotatable bonds is 16. The van der Waals surface area contributed by atoms with Gasteiger partial charge in [-0.25, -0.2) is 4.79 Å². The maximum atomic E-state index is 10.3. The van der Waals surface area contributed by atoms with E-state index in [1.54, 1.807) is 0 Å². The van der Waals surface area contributed by atoms with Crippen molar-refractivity contribution in [3.63, 3.8) is 0 Å². The van der Waals surface area contributed by atoms with E-state index in [4.69, 9.17) is 20.1 Å². The van der Waals surface area contributed by atoms with E-state index in [0.717, 1.165) is 12.8 Å². The monoisotopic (exact) mass is 410 g/mol. The van der Waals surface area contributed by atoms with Crippen LogP contribution in [0.4, 0.5) is 4.79 Å². The van der Waals surface area contributed by atoms with Crippen molar-refractivity contribution >= 4 is 12.1 Å². The molecule has 6 heteroatoms. The molecule has 0 aromatic rings. The van der Waals surface area contributed by atoms with Gasteiger partial charge < -0.3 is 15.3 Å². The Kier molecular flexibility index (Phi) is 29.8. The Morgan fingerprint density at radius 3 is 1.04 bits per heavy atom. The SMILES string of the molecule is CCCCCCCCCCCCCCCCCC(=O)O.O=C(O)O.[Zn]. The third-order valence-corrected chi connectivity index (χ3v) is 3.99. The van der Waals surface area contributed by atoms with E-state index >= 15 is 0 Å². The molecule has 146 valence electrons. The Labute approximate surface area is 166 Å². The van der Waals surface area contributed by atoms with Crippen LogP contribution in [0.15, 0.2) is 0 Å². The molecule has 0 aromatic heterocycles. The van der Waals surface area contributed by atoms with Crippen molar-refractivity contribution in [1.29, 1.82) is 0 Å². The second-order valence-corrected chi connectivity index (χ2v) is 6.38. The van der Waals surface area contributed by atoms with Gasteiger partial charge in [-0.2, -0.15) is 0 Å². The summed E-state index contributed by atoms with van der Waals surface area (Å²) >= 11 is 0. The molecule has 0 aromatic carbocycles. The summed E-state index contributed by atoms with van der Waals surface area (Å²) in [4.78, 5) is 18.9. The molecule has 0 aliphatic carbocycles. The van der Waals surface area contributed by atoms with Crippen LogP contribution in [0.3, 0.4) is 0 Å². The molecule has 0 amide bonds. The van der Waals surface area contributed by atoms with Gasteiger partial charge >= 0.3 is 12.1 Å². The summed E-state index contributed by atoms with van der Waals surface area (Å²) in [6.07, 6.45) is 18.4. The second-order valence-electron chi connectivity index (χ2n) is 6.38. The smallest absolute Gasteiger partial charge is 0.481 e. The molecule has 25 heavy (non-hydrogen) atoms. The van der Waals surface area contributed by atoms with Gasteiger partial charge in [0.25, 0.3) is 0 Å².